The number of piperazine rings is 1. The third-order valence-corrected chi connectivity index (χ3v) is 6.92. The minimum absolute atomic E-state index is 0.0310. The SMILES string of the molecule is O=C(/C=C/c1ccc(Cl)cc1Cl)N1CCN(S(=O)(=O)Cc2ccccc2)CC1. The van der Waals surface area contributed by atoms with Crippen LogP contribution >= 0.6 is 23.2 Å². The van der Waals surface area contributed by atoms with Crippen molar-refractivity contribution in [3.63, 3.8) is 0 Å². The number of carbonyl (C=O) groups excluding carboxylic acids is 1. The van der Waals surface area contributed by atoms with Gasteiger partial charge in [-0.2, -0.15) is 4.31 Å². The quantitative estimate of drug-likeness (QED) is 0.668. The van der Waals surface area contributed by atoms with E-state index in [1.165, 1.54) is 10.4 Å². The molecule has 0 atom stereocenters. The van der Waals surface area contributed by atoms with Crippen LogP contribution in [0.15, 0.2) is 54.6 Å². The number of benzene rings is 2. The van der Waals surface area contributed by atoms with Crippen molar-refractivity contribution in [2.75, 3.05) is 26.2 Å². The van der Waals surface area contributed by atoms with E-state index in [0.29, 0.717) is 28.7 Å². The lowest BCUT2D eigenvalue weighted by atomic mass is 10.2. The predicted molar refractivity (Wildman–Crippen MR) is 113 cm³/mol. The summed E-state index contributed by atoms with van der Waals surface area (Å²) in [6.45, 7) is 1.28. The minimum atomic E-state index is -3.40. The Kier molecular flexibility index (Phi) is 6.78. The summed E-state index contributed by atoms with van der Waals surface area (Å²) in [6.07, 6.45) is 3.09. The van der Waals surface area contributed by atoms with Crippen molar-refractivity contribution in [1.82, 2.24) is 9.21 Å². The van der Waals surface area contributed by atoms with Gasteiger partial charge >= 0.3 is 0 Å². The molecule has 0 saturated carbocycles. The van der Waals surface area contributed by atoms with Crippen LogP contribution in [-0.4, -0.2) is 49.7 Å². The van der Waals surface area contributed by atoms with E-state index in [1.54, 1.807) is 41.3 Å². The number of nitrogens with zero attached hydrogens (tertiary/aromatic N) is 2. The summed E-state index contributed by atoms with van der Waals surface area (Å²) in [4.78, 5) is 14.0. The molecule has 148 valence electrons. The molecular formula is C20H20Cl2N2O3S. The minimum Gasteiger partial charge on any atom is -0.337 e. The molecule has 2 aromatic rings. The summed E-state index contributed by atoms with van der Waals surface area (Å²) in [6, 6.07) is 14.1. The number of hydrogen-bond donors (Lipinski definition) is 0. The fraction of sp³-hybridized carbons (Fsp3) is 0.250. The first kappa shape index (κ1) is 20.9. The van der Waals surface area contributed by atoms with E-state index in [1.807, 2.05) is 18.2 Å². The third-order valence-electron chi connectivity index (χ3n) is 4.50. The van der Waals surface area contributed by atoms with Gasteiger partial charge < -0.3 is 4.90 Å². The number of halogens is 2. The van der Waals surface area contributed by atoms with Gasteiger partial charge in [-0.05, 0) is 29.3 Å². The van der Waals surface area contributed by atoms with E-state index in [4.69, 9.17) is 23.2 Å². The van der Waals surface area contributed by atoms with Crippen molar-refractivity contribution in [3.8, 4) is 0 Å². The Morgan fingerprint density at radius 1 is 1.00 bits per heavy atom. The molecule has 8 heteroatoms. The van der Waals surface area contributed by atoms with Gasteiger partial charge in [0.2, 0.25) is 15.9 Å². The number of rotatable bonds is 5. The Bertz CT molecular complexity index is 970. The summed E-state index contributed by atoms with van der Waals surface area (Å²) >= 11 is 12.0. The van der Waals surface area contributed by atoms with E-state index in [-0.39, 0.29) is 24.7 Å². The summed E-state index contributed by atoms with van der Waals surface area (Å²) in [5, 5.41) is 0.995. The normalized spacial score (nSPS) is 15.9. The second kappa shape index (κ2) is 9.09. The van der Waals surface area contributed by atoms with Gasteiger partial charge in [-0.3, -0.25) is 4.79 Å². The molecule has 0 unspecified atom stereocenters. The molecule has 0 aromatic heterocycles. The predicted octanol–water partition coefficient (Wildman–Crippen LogP) is 3.68. The summed E-state index contributed by atoms with van der Waals surface area (Å²) in [5.41, 5.74) is 1.45. The van der Waals surface area contributed by atoms with E-state index in [9.17, 15) is 13.2 Å². The summed E-state index contributed by atoms with van der Waals surface area (Å²) in [7, 11) is -3.40. The summed E-state index contributed by atoms with van der Waals surface area (Å²) in [5.74, 6) is -0.206. The highest BCUT2D eigenvalue weighted by Crippen LogP contribution is 2.22. The lowest BCUT2D eigenvalue weighted by Crippen LogP contribution is -2.50. The van der Waals surface area contributed by atoms with Crippen molar-refractivity contribution in [3.05, 3.63) is 75.8 Å². The smallest absolute Gasteiger partial charge is 0.246 e. The van der Waals surface area contributed by atoms with Crippen LogP contribution in [0, 0.1) is 0 Å². The molecule has 1 aliphatic rings. The molecule has 1 aliphatic heterocycles. The molecule has 28 heavy (non-hydrogen) atoms. The number of sulfonamides is 1. The Labute approximate surface area is 175 Å². The lowest BCUT2D eigenvalue weighted by molar-refractivity contribution is -0.127. The van der Waals surface area contributed by atoms with Gasteiger partial charge in [-0.1, -0.05) is 59.6 Å². The second-order valence-corrected chi connectivity index (χ2v) is 9.28. The zero-order valence-electron chi connectivity index (χ0n) is 15.1. The van der Waals surface area contributed by atoms with Gasteiger partial charge in [-0.15, -0.1) is 0 Å². The first-order chi connectivity index (χ1) is 13.3. The van der Waals surface area contributed by atoms with Crippen LogP contribution in [0.4, 0.5) is 0 Å². The second-order valence-electron chi connectivity index (χ2n) is 6.47. The van der Waals surface area contributed by atoms with E-state index >= 15 is 0 Å². The van der Waals surface area contributed by atoms with Crippen LogP contribution in [0.2, 0.25) is 10.0 Å². The average molecular weight is 439 g/mol. The van der Waals surface area contributed by atoms with Crippen LogP contribution in [0.1, 0.15) is 11.1 Å². The highest BCUT2D eigenvalue weighted by molar-refractivity contribution is 7.88. The third kappa shape index (κ3) is 5.35. The van der Waals surface area contributed by atoms with Gasteiger partial charge in [-0.25, -0.2) is 8.42 Å². The Balaban J connectivity index is 1.57. The van der Waals surface area contributed by atoms with E-state index in [0.717, 1.165) is 5.56 Å². The van der Waals surface area contributed by atoms with Gasteiger partial charge in [0, 0.05) is 42.3 Å². The van der Waals surface area contributed by atoms with Gasteiger partial charge in [0.25, 0.3) is 0 Å². The molecule has 0 radical (unpaired) electrons. The zero-order chi connectivity index (χ0) is 20.1. The summed E-state index contributed by atoms with van der Waals surface area (Å²) < 4.78 is 26.6. The highest BCUT2D eigenvalue weighted by Gasteiger charge is 2.28. The molecule has 1 amide bonds. The molecule has 0 N–H and O–H groups in total. The first-order valence-electron chi connectivity index (χ1n) is 8.79. The molecule has 1 fully saturated rings. The molecular weight excluding hydrogens is 419 g/mol. The number of amides is 1. The maximum absolute atomic E-state index is 12.6. The van der Waals surface area contributed by atoms with Crippen molar-refractivity contribution in [2.45, 2.75) is 5.75 Å². The van der Waals surface area contributed by atoms with Crippen molar-refractivity contribution in [1.29, 1.82) is 0 Å². The number of carbonyl (C=O) groups is 1. The molecule has 1 heterocycles. The van der Waals surface area contributed by atoms with Crippen LogP contribution < -0.4 is 0 Å². The Hall–Kier alpha value is -1.86. The average Bonchev–Trinajstić information content (AvgIpc) is 2.67. The van der Waals surface area contributed by atoms with Crippen LogP contribution in [-0.2, 0) is 20.6 Å². The Morgan fingerprint density at radius 3 is 2.32 bits per heavy atom. The molecule has 0 aliphatic carbocycles. The fourth-order valence-electron chi connectivity index (χ4n) is 2.97. The van der Waals surface area contributed by atoms with Crippen LogP contribution in [0.25, 0.3) is 6.08 Å². The molecule has 0 bridgehead atoms. The van der Waals surface area contributed by atoms with Crippen LogP contribution in [0.5, 0.6) is 0 Å². The van der Waals surface area contributed by atoms with Gasteiger partial charge in [0.1, 0.15) is 0 Å². The zero-order valence-corrected chi connectivity index (χ0v) is 17.4. The largest absolute Gasteiger partial charge is 0.337 e. The maximum Gasteiger partial charge on any atom is 0.246 e. The molecule has 2 aromatic carbocycles. The Morgan fingerprint density at radius 2 is 1.68 bits per heavy atom. The van der Waals surface area contributed by atoms with Crippen LogP contribution in [0.3, 0.4) is 0 Å². The van der Waals surface area contributed by atoms with Crippen molar-refractivity contribution in [2.24, 2.45) is 0 Å². The van der Waals surface area contributed by atoms with E-state index in [2.05, 4.69) is 0 Å². The molecule has 0 spiro atoms. The molecule has 1 saturated heterocycles. The maximum atomic E-state index is 12.6. The van der Waals surface area contributed by atoms with Crippen molar-refractivity contribution >= 4 is 45.2 Å². The topological polar surface area (TPSA) is 57.7 Å². The highest BCUT2D eigenvalue weighted by atomic mass is 35.5. The molecule has 5 nitrogen and oxygen atoms in total. The monoisotopic (exact) mass is 438 g/mol. The van der Waals surface area contributed by atoms with E-state index < -0.39 is 10.0 Å². The van der Waals surface area contributed by atoms with Crippen molar-refractivity contribution < 1.29 is 13.2 Å². The fourth-order valence-corrected chi connectivity index (χ4v) is 4.95. The van der Waals surface area contributed by atoms with Gasteiger partial charge in [0.05, 0.1) is 5.75 Å². The number of hydrogen-bond acceptors (Lipinski definition) is 3. The van der Waals surface area contributed by atoms with Gasteiger partial charge in [0.15, 0.2) is 0 Å². The molecule has 3 rings (SSSR count). The lowest BCUT2D eigenvalue weighted by Gasteiger charge is -2.33. The standard InChI is InChI=1S/C20H20Cl2N2O3S/c21-18-8-6-17(19(22)14-18)7-9-20(25)23-10-12-24(13-11-23)28(26,27)15-16-4-2-1-3-5-16/h1-9,14H,10-13,15H2/b9-7+. The first-order valence-corrected chi connectivity index (χ1v) is 11.2.